The van der Waals surface area contributed by atoms with E-state index in [1.165, 1.54) is 6.07 Å². The van der Waals surface area contributed by atoms with Gasteiger partial charge in [0.2, 0.25) is 10.0 Å². The second-order valence-electron chi connectivity index (χ2n) is 5.03. The molecule has 0 fully saturated rings. The normalized spacial score (nSPS) is 11.4. The Morgan fingerprint density at radius 3 is 2.62 bits per heavy atom. The van der Waals surface area contributed by atoms with Gasteiger partial charge in [-0.25, -0.2) is 8.42 Å². The van der Waals surface area contributed by atoms with Crippen LogP contribution in [0, 0.1) is 0 Å². The van der Waals surface area contributed by atoms with Crippen LogP contribution in [0.25, 0.3) is 0 Å². The Hall–Kier alpha value is -1.27. The number of anilines is 1. The molecule has 0 spiro atoms. The van der Waals surface area contributed by atoms with Gasteiger partial charge < -0.3 is 5.32 Å². The summed E-state index contributed by atoms with van der Waals surface area (Å²) in [5, 5.41) is 2.76. The minimum Gasteiger partial charge on any atom is -0.350 e. The largest absolute Gasteiger partial charge is 0.350 e. The number of alkyl halides is 1. The van der Waals surface area contributed by atoms with Gasteiger partial charge in [0.05, 0.1) is 5.75 Å². The van der Waals surface area contributed by atoms with E-state index in [0.29, 0.717) is 30.0 Å². The third-order valence-electron chi connectivity index (χ3n) is 2.61. The maximum atomic E-state index is 11.9. The molecule has 7 heteroatoms. The van der Waals surface area contributed by atoms with Crippen LogP contribution in [0.5, 0.6) is 0 Å². The van der Waals surface area contributed by atoms with Crippen molar-refractivity contribution in [1.82, 2.24) is 5.32 Å². The van der Waals surface area contributed by atoms with Crippen molar-refractivity contribution in [3.63, 3.8) is 0 Å². The molecular weight excluding hydrogens is 312 g/mol. The van der Waals surface area contributed by atoms with Gasteiger partial charge >= 0.3 is 0 Å². The van der Waals surface area contributed by atoms with Crippen LogP contribution in [0.1, 0.15) is 37.0 Å². The molecule has 5 nitrogen and oxygen atoms in total. The van der Waals surface area contributed by atoms with Crippen LogP contribution in [0.15, 0.2) is 24.3 Å². The van der Waals surface area contributed by atoms with E-state index >= 15 is 0 Å². The standard InChI is InChI=1S/C14H21ClN2O3S/c1-11(2)16-14(18)12-6-5-7-13(10-12)17-21(19,20)9-4-3-8-15/h5-7,10-11,17H,3-4,8-9H2,1-2H3,(H,16,18). The summed E-state index contributed by atoms with van der Waals surface area (Å²) >= 11 is 5.53. The molecule has 118 valence electrons. The van der Waals surface area contributed by atoms with Gasteiger partial charge in [-0.2, -0.15) is 0 Å². The Balaban J connectivity index is 2.74. The summed E-state index contributed by atoms with van der Waals surface area (Å²) in [6, 6.07) is 6.45. The number of benzene rings is 1. The van der Waals surface area contributed by atoms with Gasteiger partial charge in [0, 0.05) is 23.2 Å². The summed E-state index contributed by atoms with van der Waals surface area (Å²) in [7, 11) is -3.41. The maximum absolute atomic E-state index is 11.9. The van der Waals surface area contributed by atoms with Crippen LogP contribution in [0.3, 0.4) is 0 Å². The van der Waals surface area contributed by atoms with Gasteiger partial charge in [0.1, 0.15) is 0 Å². The second kappa shape index (κ2) is 8.24. The number of hydrogen-bond acceptors (Lipinski definition) is 3. The molecule has 1 aromatic carbocycles. The summed E-state index contributed by atoms with van der Waals surface area (Å²) < 4.78 is 26.2. The van der Waals surface area contributed by atoms with Crippen LogP contribution < -0.4 is 10.0 Å². The number of amides is 1. The third-order valence-corrected chi connectivity index (χ3v) is 4.25. The highest BCUT2D eigenvalue weighted by Crippen LogP contribution is 2.13. The van der Waals surface area contributed by atoms with E-state index in [9.17, 15) is 13.2 Å². The zero-order chi connectivity index (χ0) is 15.9. The fourth-order valence-corrected chi connectivity index (χ4v) is 3.05. The summed E-state index contributed by atoms with van der Waals surface area (Å²) in [4.78, 5) is 11.9. The Morgan fingerprint density at radius 2 is 2.00 bits per heavy atom. The van der Waals surface area contributed by atoms with Crippen LogP contribution in [0.4, 0.5) is 5.69 Å². The number of halogens is 1. The molecule has 1 rings (SSSR count). The molecule has 0 atom stereocenters. The molecule has 2 N–H and O–H groups in total. The monoisotopic (exact) mass is 332 g/mol. The Kier molecular flexibility index (Phi) is 6.98. The first-order valence-corrected chi connectivity index (χ1v) is 9.00. The lowest BCUT2D eigenvalue weighted by molar-refractivity contribution is 0.0943. The number of carbonyl (C=O) groups is 1. The van der Waals surface area contributed by atoms with Crippen LogP contribution in [0.2, 0.25) is 0 Å². The smallest absolute Gasteiger partial charge is 0.251 e. The lowest BCUT2D eigenvalue weighted by Crippen LogP contribution is -2.30. The maximum Gasteiger partial charge on any atom is 0.251 e. The van der Waals surface area contributed by atoms with Crippen LogP contribution in [-0.4, -0.2) is 32.0 Å². The van der Waals surface area contributed by atoms with Gasteiger partial charge in [-0.3, -0.25) is 9.52 Å². The summed E-state index contributed by atoms with van der Waals surface area (Å²) in [6.07, 6.45) is 1.16. The predicted molar refractivity (Wildman–Crippen MR) is 86.4 cm³/mol. The van der Waals surface area contributed by atoms with Crippen molar-refractivity contribution in [3.05, 3.63) is 29.8 Å². The number of carbonyl (C=O) groups excluding carboxylic acids is 1. The van der Waals surface area contributed by atoms with E-state index in [0.717, 1.165) is 0 Å². The number of nitrogens with one attached hydrogen (secondary N) is 2. The lowest BCUT2D eigenvalue weighted by Gasteiger charge is -2.11. The predicted octanol–water partition coefficient (Wildman–Crippen LogP) is 2.59. The van der Waals surface area contributed by atoms with E-state index in [1.54, 1.807) is 18.2 Å². The van der Waals surface area contributed by atoms with Gasteiger partial charge in [-0.05, 0) is 44.9 Å². The zero-order valence-electron chi connectivity index (χ0n) is 12.2. The van der Waals surface area contributed by atoms with Crippen LogP contribution >= 0.6 is 11.6 Å². The van der Waals surface area contributed by atoms with E-state index in [2.05, 4.69) is 10.0 Å². The number of rotatable bonds is 8. The highest BCUT2D eigenvalue weighted by atomic mass is 35.5. The SMILES string of the molecule is CC(C)NC(=O)c1cccc(NS(=O)(=O)CCCCCl)c1. The second-order valence-corrected chi connectivity index (χ2v) is 7.25. The first kappa shape index (κ1) is 17.8. The third kappa shape index (κ3) is 6.82. The average Bonchev–Trinajstić information content (AvgIpc) is 2.37. The topological polar surface area (TPSA) is 75.3 Å². The molecule has 0 aliphatic carbocycles. The molecule has 0 aliphatic heterocycles. The molecule has 0 saturated carbocycles. The van der Waals surface area contributed by atoms with Crippen molar-refractivity contribution in [2.24, 2.45) is 0 Å². The van der Waals surface area contributed by atoms with Gasteiger partial charge in [0.25, 0.3) is 5.91 Å². The van der Waals surface area contributed by atoms with Crippen molar-refractivity contribution in [2.45, 2.75) is 32.7 Å². The lowest BCUT2D eigenvalue weighted by atomic mass is 10.2. The highest BCUT2D eigenvalue weighted by molar-refractivity contribution is 7.92. The fourth-order valence-electron chi connectivity index (χ4n) is 1.69. The van der Waals surface area contributed by atoms with Gasteiger partial charge in [-0.1, -0.05) is 6.07 Å². The molecule has 1 amide bonds. The summed E-state index contributed by atoms with van der Waals surface area (Å²) in [6.45, 7) is 3.72. The molecule has 0 aromatic heterocycles. The van der Waals surface area contributed by atoms with E-state index in [1.807, 2.05) is 13.8 Å². The summed E-state index contributed by atoms with van der Waals surface area (Å²) in [5.41, 5.74) is 0.807. The fraction of sp³-hybridized carbons (Fsp3) is 0.500. The average molecular weight is 333 g/mol. The molecule has 0 saturated heterocycles. The zero-order valence-corrected chi connectivity index (χ0v) is 13.8. The molecule has 21 heavy (non-hydrogen) atoms. The van der Waals surface area contributed by atoms with Crippen molar-refractivity contribution in [3.8, 4) is 0 Å². The van der Waals surface area contributed by atoms with Crippen LogP contribution in [-0.2, 0) is 10.0 Å². The van der Waals surface area contributed by atoms with Crippen molar-refractivity contribution >= 4 is 33.2 Å². The Morgan fingerprint density at radius 1 is 1.29 bits per heavy atom. The first-order chi connectivity index (χ1) is 9.84. The highest BCUT2D eigenvalue weighted by Gasteiger charge is 2.12. The molecule has 1 aromatic rings. The number of sulfonamides is 1. The number of hydrogen-bond donors (Lipinski definition) is 2. The Bertz CT molecular complexity index is 573. The van der Waals surface area contributed by atoms with E-state index < -0.39 is 10.0 Å². The summed E-state index contributed by atoms with van der Waals surface area (Å²) in [5.74, 6) is 0.232. The molecule has 0 bridgehead atoms. The molecule has 0 unspecified atom stereocenters. The Labute approximate surface area is 131 Å². The van der Waals surface area contributed by atoms with E-state index in [4.69, 9.17) is 11.6 Å². The van der Waals surface area contributed by atoms with Crippen molar-refractivity contribution in [2.75, 3.05) is 16.4 Å². The molecule has 0 aliphatic rings. The first-order valence-electron chi connectivity index (χ1n) is 6.81. The molecule has 0 radical (unpaired) electrons. The van der Waals surface area contributed by atoms with Gasteiger partial charge in [0.15, 0.2) is 0 Å². The van der Waals surface area contributed by atoms with Crippen molar-refractivity contribution in [1.29, 1.82) is 0 Å². The van der Waals surface area contributed by atoms with E-state index in [-0.39, 0.29) is 17.7 Å². The number of unbranched alkanes of at least 4 members (excludes halogenated alkanes) is 1. The van der Waals surface area contributed by atoms with Crippen molar-refractivity contribution < 1.29 is 13.2 Å². The minimum absolute atomic E-state index is 0.0160. The minimum atomic E-state index is -3.41. The molecule has 0 heterocycles. The molecular formula is C14H21ClN2O3S. The van der Waals surface area contributed by atoms with Gasteiger partial charge in [-0.15, -0.1) is 11.6 Å². The quantitative estimate of drug-likeness (QED) is 0.567.